The number of ether oxygens (including phenoxy) is 1. The van der Waals surface area contributed by atoms with E-state index in [2.05, 4.69) is 31.1 Å². The minimum Gasteiger partial charge on any atom is -0.481 e. The monoisotopic (exact) mass is 491 g/mol. The number of aryl methyl sites for hydroxylation is 1. The van der Waals surface area contributed by atoms with Gasteiger partial charge in [-0.1, -0.05) is 19.3 Å². The first kappa shape index (κ1) is 25.1. The number of ketones is 1. The summed E-state index contributed by atoms with van der Waals surface area (Å²) in [4.78, 5) is 25.6. The highest BCUT2D eigenvalue weighted by Crippen LogP contribution is 2.39. The summed E-state index contributed by atoms with van der Waals surface area (Å²) in [5.41, 5.74) is 4.54. The van der Waals surface area contributed by atoms with E-state index in [1.165, 1.54) is 44.9 Å². The van der Waals surface area contributed by atoms with Gasteiger partial charge >= 0.3 is 0 Å². The van der Waals surface area contributed by atoms with E-state index in [1.807, 2.05) is 7.05 Å². The van der Waals surface area contributed by atoms with Crippen molar-refractivity contribution in [2.24, 2.45) is 18.0 Å². The van der Waals surface area contributed by atoms with E-state index in [9.17, 15) is 4.79 Å². The SMILES string of the molecule is COc1nc(CC2CCC(N(C)C)CC2)ccc1C1=Nc2c(c(C3CCCCC3)nn2C)C(=O)CC1. The summed E-state index contributed by atoms with van der Waals surface area (Å²) in [7, 11) is 7.96. The molecule has 2 fully saturated rings. The third-order valence-electron chi connectivity index (χ3n) is 8.61. The third-order valence-corrected chi connectivity index (χ3v) is 8.61. The number of hydrogen-bond acceptors (Lipinski definition) is 6. The van der Waals surface area contributed by atoms with Crippen LogP contribution in [0.5, 0.6) is 5.88 Å². The quantitative estimate of drug-likeness (QED) is 0.523. The molecule has 0 unspecified atom stereocenters. The maximum Gasteiger partial charge on any atom is 0.222 e. The van der Waals surface area contributed by atoms with Gasteiger partial charge in [0.15, 0.2) is 11.6 Å². The van der Waals surface area contributed by atoms with Crippen LogP contribution in [0.15, 0.2) is 17.1 Å². The van der Waals surface area contributed by atoms with Crippen molar-refractivity contribution < 1.29 is 9.53 Å². The second-order valence-electron chi connectivity index (χ2n) is 11.2. The molecule has 194 valence electrons. The Hall–Kier alpha value is -2.54. The number of aromatic nitrogens is 3. The number of rotatable bonds is 6. The van der Waals surface area contributed by atoms with Crippen LogP contribution in [-0.4, -0.2) is 58.4 Å². The molecule has 1 aliphatic heterocycles. The molecular formula is C29H41N5O2. The lowest BCUT2D eigenvalue weighted by Crippen LogP contribution is -2.32. The summed E-state index contributed by atoms with van der Waals surface area (Å²) in [6.07, 6.45) is 13.0. The summed E-state index contributed by atoms with van der Waals surface area (Å²) < 4.78 is 7.56. The van der Waals surface area contributed by atoms with E-state index in [4.69, 9.17) is 19.8 Å². The molecule has 0 saturated heterocycles. The molecule has 0 aromatic carbocycles. The minimum atomic E-state index is 0.161. The molecule has 3 heterocycles. The van der Waals surface area contributed by atoms with Crippen molar-refractivity contribution in [3.05, 3.63) is 34.6 Å². The van der Waals surface area contributed by atoms with Gasteiger partial charge in [-0.3, -0.25) is 9.48 Å². The molecule has 0 radical (unpaired) electrons. The lowest BCUT2D eigenvalue weighted by Gasteiger charge is -2.32. The van der Waals surface area contributed by atoms with Crippen molar-refractivity contribution in [3.63, 3.8) is 0 Å². The summed E-state index contributed by atoms with van der Waals surface area (Å²) in [6.45, 7) is 0. The minimum absolute atomic E-state index is 0.161. The maximum absolute atomic E-state index is 13.3. The van der Waals surface area contributed by atoms with Gasteiger partial charge in [-0.25, -0.2) is 9.98 Å². The Labute approximate surface area is 215 Å². The van der Waals surface area contributed by atoms with E-state index in [0.29, 0.717) is 42.4 Å². The molecular weight excluding hydrogens is 450 g/mol. The molecule has 3 aliphatic rings. The fourth-order valence-electron chi connectivity index (χ4n) is 6.46. The number of aliphatic imine (C=N–C) groups is 1. The van der Waals surface area contributed by atoms with Crippen LogP contribution in [0.2, 0.25) is 0 Å². The van der Waals surface area contributed by atoms with Gasteiger partial charge in [0, 0.05) is 31.1 Å². The number of carbonyl (C=O) groups is 1. The van der Waals surface area contributed by atoms with Crippen LogP contribution in [0.1, 0.15) is 104 Å². The van der Waals surface area contributed by atoms with Gasteiger partial charge in [0.25, 0.3) is 0 Å². The zero-order valence-corrected chi connectivity index (χ0v) is 22.4. The smallest absolute Gasteiger partial charge is 0.222 e. The Bertz CT molecular complexity index is 1120. The number of carbonyl (C=O) groups excluding carboxylic acids is 1. The van der Waals surface area contributed by atoms with Crippen LogP contribution in [-0.2, 0) is 13.5 Å². The van der Waals surface area contributed by atoms with E-state index in [0.717, 1.165) is 47.5 Å². The zero-order chi connectivity index (χ0) is 25.2. The first-order chi connectivity index (χ1) is 17.4. The Kier molecular flexibility index (Phi) is 7.56. The highest BCUT2D eigenvalue weighted by Gasteiger charge is 2.31. The highest BCUT2D eigenvalue weighted by molar-refractivity contribution is 6.11. The molecule has 0 bridgehead atoms. The molecule has 0 N–H and O–H groups in total. The average molecular weight is 492 g/mol. The van der Waals surface area contributed by atoms with Gasteiger partial charge in [-0.15, -0.1) is 0 Å². The van der Waals surface area contributed by atoms with Crippen LogP contribution in [0.25, 0.3) is 0 Å². The van der Waals surface area contributed by atoms with Crippen LogP contribution < -0.4 is 4.74 Å². The van der Waals surface area contributed by atoms with Crippen molar-refractivity contribution in [2.75, 3.05) is 21.2 Å². The van der Waals surface area contributed by atoms with Gasteiger partial charge in [-0.05, 0) is 83.5 Å². The lowest BCUT2D eigenvalue weighted by atomic mass is 9.83. The number of pyridine rings is 1. The molecule has 7 heteroatoms. The summed E-state index contributed by atoms with van der Waals surface area (Å²) in [5, 5.41) is 4.81. The zero-order valence-electron chi connectivity index (χ0n) is 22.4. The molecule has 0 spiro atoms. The van der Waals surface area contributed by atoms with Crippen molar-refractivity contribution in [1.29, 1.82) is 0 Å². The molecule has 2 aliphatic carbocycles. The summed E-state index contributed by atoms with van der Waals surface area (Å²) >= 11 is 0. The Morgan fingerprint density at radius 1 is 1.03 bits per heavy atom. The normalized spacial score (nSPS) is 23.4. The van der Waals surface area contributed by atoms with Gasteiger partial charge in [0.05, 0.1) is 29.6 Å². The van der Waals surface area contributed by atoms with E-state index in [-0.39, 0.29) is 5.78 Å². The number of nitrogens with zero attached hydrogens (tertiary/aromatic N) is 5. The van der Waals surface area contributed by atoms with Gasteiger partial charge in [0.2, 0.25) is 5.88 Å². The summed E-state index contributed by atoms with van der Waals surface area (Å²) in [5.74, 6) is 2.51. The van der Waals surface area contributed by atoms with Gasteiger partial charge < -0.3 is 9.64 Å². The predicted octanol–water partition coefficient (Wildman–Crippen LogP) is 5.63. The van der Waals surface area contributed by atoms with Gasteiger partial charge in [-0.2, -0.15) is 5.10 Å². The number of fused-ring (bicyclic) bond motifs is 1. The Morgan fingerprint density at radius 2 is 1.78 bits per heavy atom. The fourth-order valence-corrected chi connectivity index (χ4v) is 6.46. The topological polar surface area (TPSA) is 72.6 Å². The Morgan fingerprint density at radius 3 is 2.47 bits per heavy atom. The second-order valence-corrected chi connectivity index (χ2v) is 11.2. The Balaban J connectivity index is 1.39. The number of methoxy groups -OCH3 is 1. The van der Waals surface area contributed by atoms with Crippen LogP contribution in [0, 0.1) is 5.92 Å². The molecule has 7 nitrogen and oxygen atoms in total. The van der Waals surface area contributed by atoms with Crippen molar-refractivity contribution in [3.8, 4) is 5.88 Å². The van der Waals surface area contributed by atoms with Crippen molar-refractivity contribution in [2.45, 2.75) is 89.0 Å². The molecule has 36 heavy (non-hydrogen) atoms. The van der Waals surface area contributed by atoms with Gasteiger partial charge in [0.1, 0.15) is 0 Å². The first-order valence-corrected chi connectivity index (χ1v) is 13.8. The third kappa shape index (κ3) is 5.13. The molecule has 2 aromatic heterocycles. The fraction of sp³-hybridized carbons (Fsp3) is 0.655. The predicted molar refractivity (Wildman–Crippen MR) is 143 cm³/mol. The first-order valence-electron chi connectivity index (χ1n) is 13.8. The average Bonchev–Trinajstić information content (AvgIpc) is 3.12. The van der Waals surface area contributed by atoms with Crippen molar-refractivity contribution in [1.82, 2.24) is 19.7 Å². The summed E-state index contributed by atoms with van der Waals surface area (Å²) in [6, 6.07) is 4.93. The number of Topliss-reactive ketones (excluding diaryl/α,β-unsaturated/α-hetero) is 1. The van der Waals surface area contributed by atoms with Crippen LogP contribution >= 0.6 is 0 Å². The molecule has 2 saturated carbocycles. The largest absolute Gasteiger partial charge is 0.481 e. The van der Waals surface area contributed by atoms with E-state index in [1.54, 1.807) is 11.8 Å². The van der Waals surface area contributed by atoms with E-state index >= 15 is 0 Å². The highest BCUT2D eigenvalue weighted by atomic mass is 16.5. The van der Waals surface area contributed by atoms with Crippen LogP contribution in [0.4, 0.5) is 5.82 Å². The standard InChI is InChI=1S/C29H41N5O2/c1-33(2)22-13-10-19(11-14-22)18-21-12-15-23(29(30-21)36-4)24-16-17-25(35)26-27(20-8-6-5-7-9-20)32-34(3)28(26)31-24/h12,15,19-20,22H,5-11,13-14,16-18H2,1-4H3. The molecule has 5 rings (SSSR count). The molecule has 2 aromatic rings. The molecule has 0 amide bonds. The van der Waals surface area contributed by atoms with E-state index < -0.39 is 0 Å². The maximum atomic E-state index is 13.3. The second kappa shape index (κ2) is 10.8. The molecule has 0 atom stereocenters. The van der Waals surface area contributed by atoms with Crippen molar-refractivity contribution >= 4 is 17.3 Å². The lowest BCUT2D eigenvalue weighted by molar-refractivity contribution is 0.0984. The van der Waals surface area contributed by atoms with Crippen LogP contribution in [0.3, 0.4) is 0 Å². The number of hydrogen-bond donors (Lipinski definition) is 0.